The molecular formula is C24H20FN7O. The van der Waals surface area contributed by atoms with Crippen molar-refractivity contribution in [3.05, 3.63) is 89.8 Å². The summed E-state index contributed by atoms with van der Waals surface area (Å²) >= 11 is 0. The number of amides is 1. The molecule has 0 spiro atoms. The average molecular weight is 441 g/mol. The van der Waals surface area contributed by atoms with Crippen LogP contribution in [0.4, 0.5) is 10.3 Å². The monoisotopic (exact) mass is 441 g/mol. The van der Waals surface area contributed by atoms with E-state index >= 15 is 0 Å². The van der Waals surface area contributed by atoms with Crippen LogP contribution in [0.5, 0.6) is 0 Å². The summed E-state index contributed by atoms with van der Waals surface area (Å²) in [6.07, 6.45) is 3.33. The average Bonchev–Trinajstić information content (AvgIpc) is 3.39. The third-order valence-corrected chi connectivity index (χ3v) is 5.30. The highest BCUT2D eigenvalue weighted by atomic mass is 19.1. The summed E-state index contributed by atoms with van der Waals surface area (Å²) in [5.41, 5.74) is 3.95. The molecule has 1 N–H and O–H groups in total. The van der Waals surface area contributed by atoms with E-state index in [9.17, 15) is 9.18 Å². The van der Waals surface area contributed by atoms with Crippen LogP contribution in [0, 0.1) is 12.7 Å². The van der Waals surface area contributed by atoms with E-state index in [1.54, 1.807) is 28.9 Å². The predicted octanol–water partition coefficient (Wildman–Crippen LogP) is 3.97. The number of carbonyl (C=O) groups is 1. The molecule has 0 aliphatic rings. The Labute approximate surface area is 188 Å². The SMILES string of the molecule is Cc1nn(C)cc1-c1cc(C(=O)Nc2ncn(Cc3ccccc3F)n2)c2ccccc2n1. The van der Waals surface area contributed by atoms with Crippen LogP contribution in [0.3, 0.4) is 0 Å². The summed E-state index contributed by atoms with van der Waals surface area (Å²) in [5, 5.41) is 12.1. The van der Waals surface area contributed by atoms with Crippen LogP contribution in [0.2, 0.25) is 0 Å². The molecule has 1 amide bonds. The number of hydrogen-bond donors (Lipinski definition) is 1. The van der Waals surface area contributed by atoms with Gasteiger partial charge in [-0.25, -0.2) is 19.0 Å². The molecule has 2 aromatic carbocycles. The molecule has 0 unspecified atom stereocenters. The van der Waals surface area contributed by atoms with Crippen LogP contribution < -0.4 is 5.32 Å². The van der Waals surface area contributed by atoms with Gasteiger partial charge < -0.3 is 0 Å². The van der Waals surface area contributed by atoms with Crippen molar-refractivity contribution in [3.8, 4) is 11.3 Å². The highest BCUT2D eigenvalue weighted by Crippen LogP contribution is 2.27. The number of benzene rings is 2. The maximum atomic E-state index is 13.9. The normalized spacial score (nSPS) is 11.1. The van der Waals surface area contributed by atoms with Gasteiger partial charge in [0, 0.05) is 29.8 Å². The molecule has 0 radical (unpaired) electrons. The Morgan fingerprint density at radius 2 is 1.88 bits per heavy atom. The minimum absolute atomic E-state index is 0.136. The highest BCUT2D eigenvalue weighted by Gasteiger charge is 2.17. The van der Waals surface area contributed by atoms with Gasteiger partial charge in [-0.3, -0.25) is 14.8 Å². The van der Waals surface area contributed by atoms with Crippen LogP contribution in [0.25, 0.3) is 22.2 Å². The van der Waals surface area contributed by atoms with Gasteiger partial charge in [0.2, 0.25) is 5.95 Å². The standard InChI is InChI=1S/C24H20FN7O/c1-15-19(13-31(2)29-15)22-11-18(17-8-4-6-10-21(17)27-22)23(33)28-24-26-14-32(30-24)12-16-7-3-5-9-20(16)25/h3-11,13-14H,12H2,1-2H3,(H,28,30,33). The first-order chi connectivity index (χ1) is 16.0. The lowest BCUT2D eigenvalue weighted by Crippen LogP contribution is -2.14. The summed E-state index contributed by atoms with van der Waals surface area (Å²) < 4.78 is 17.1. The van der Waals surface area contributed by atoms with Crippen LogP contribution in [0.1, 0.15) is 21.6 Å². The second kappa shape index (κ2) is 8.27. The minimum atomic E-state index is -0.361. The Bertz CT molecular complexity index is 1490. The van der Waals surface area contributed by atoms with Crippen molar-refractivity contribution in [1.82, 2.24) is 29.5 Å². The number of aromatic nitrogens is 6. The number of nitrogens with one attached hydrogen (secondary N) is 1. The zero-order chi connectivity index (χ0) is 22.9. The Morgan fingerprint density at radius 1 is 1.09 bits per heavy atom. The Balaban J connectivity index is 1.46. The van der Waals surface area contributed by atoms with Gasteiger partial charge in [-0.1, -0.05) is 36.4 Å². The lowest BCUT2D eigenvalue weighted by atomic mass is 10.0. The molecule has 0 atom stereocenters. The second-order valence-corrected chi connectivity index (χ2v) is 7.69. The number of fused-ring (bicyclic) bond motifs is 1. The van der Waals surface area contributed by atoms with E-state index in [2.05, 4.69) is 20.5 Å². The van der Waals surface area contributed by atoms with Crippen LogP contribution in [-0.2, 0) is 13.6 Å². The zero-order valence-electron chi connectivity index (χ0n) is 18.0. The number of nitrogens with zero attached hydrogens (tertiary/aromatic N) is 6. The fraction of sp³-hybridized carbons (Fsp3) is 0.125. The molecular weight excluding hydrogens is 421 g/mol. The fourth-order valence-corrected chi connectivity index (χ4v) is 3.75. The van der Waals surface area contributed by atoms with Gasteiger partial charge in [0.1, 0.15) is 12.1 Å². The number of para-hydroxylation sites is 1. The zero-order valence-corrected chi connectivity index (χ0v) is 18.0. The van der Waals surface area contributed by atoms with E-state index in [1.165, 1.54) is 17.1 Å². The Hall–Kier alpha value is -4.40. The minimum Gasteiger partial charge on any atom is -0.289 e. The topological polar surface area (TPSA) is 90.5 Å². The van der Waals surface area contributed by atoms with Crippen molar-refractivity contribution in [2.45, 2.75) is 13.5 Å². The van der Waals surface area contributed by atoms with Crippen molar-refractivity contribution in [2.24, 2.45) is 7.05 Å². The summed E-state index contributed by atoms with van der Waals surface area (Å²) in [5.74, 6) is -0.545. The Morgan fingerprint density at radius 3 is 2.67 bits per heavy atom. The van der Waals surface area contributed by atoms with Gasteiger partial charge in [0.25, 0.3) is 5.91 Å². The molecule has 0 aliphatic carbocycles. The molecule has 5 rings (SSSR count). The molecule has 0 bridgehead atoms. The first-order valence-electron chi connectivity index (χ1n) is 10.3. The van der Waals surface area contributed by atoms with E-state index in [4.69, 9.17) is 4.98 Å². The number of hydrogen-bond acceptors (Lipinski definition) is 5. The molecule has 3 heterocycles. The van der Waals surface area contributed by atoms with Gasteiger partial charge in [-0.2, -0.15) is 5.10 Å². The largest absolute Gasteiger partial charge is 0.289 e. The van der Waals surface area contributed by atoms with Gasteiger partial charge in [0.05, 0.1) is 29.0 Å². The third kappa shape index (κ3) is 4.08. The molecule has 33 heavy (non-hydrogen) atoms. The molecule has 0 aliphatic heterocycles. The number of carbonyl (C=O) groups excluding carboxylic acids is 1. The smallest absolute Gasteiger partial charge is 0.258 e. The maximum Gasteiger partial charge on any atom is 0.258 e. The number of pyridine rings is 1. The van der Waals surface area contributed by atoms with E-state index in [0.29, 0.717) is 27.7 Å². The Kier molecular flexibility index (Phi) is 5.14. The predicted molar refractivity (Wildman–Crippen MR) is 122 cm³/mol. The van der Waals surface area contributed by atoms with Crippen molar-refractivity contribution in [2.75, 3.05) is 5.32 Å². The van der Waals surface area contributed by atoms with Crippen LogP contribution in [-0.4, -0.2) is 35.4 Å². The number of aryl methyl sites for hydroxylation is 2. The van der Waals surface area contributed by atoms with Crippen molar-refractivity contribution < 1.29 is 9.18 Å². The van der Waals surface area contributed by atoms with Gasteiger partial charge in [-0.05, 0) is 25.1 Å². The number of rotatable bonds is 5. The fourth-order valence-electron chi connectivity index (χ4n) is 3.75. The lowest BCUT2D eigenvalue weighted by Gasteiger charge is -2.09. The third-order valence-electron chi connectivity index (χ3n) is 5.30. The summed E-state index contributed by atoms with van der Waals surface area (Å²) in [6.45, 7) is 2.11. The maximum absolute atomic E-state index is 13.9. The van der Waals surface area contributed by atoms with Gasteiger partial charge >= 0.3 is 0 Å². The van der Waals surface area contributed by atoms with E-state index in [-0.39, 0.29) is 24.2 Å². The first-order valence-corrected chi connectivity index (χ1v) is 10.3. The second-order valence-electron chi connectivity index (χ2n) is 7.69. The number of halogens is 1. The summed E-state index contributed by atoms with van der Waals surface area (Å²) in [4.78, 5) is 22.1. The van der Waals surface area contributed by atoms with E-state index < -0.39 is 0 Å². The van der Waals surface area contributed by atoms with Gasteiger partial charge in [-0.15, -0.1) is 5.10 Å². The molecule has 164 valence electrons. The molecule has 3 aromatic heterocycles. The molecule has 9 heteroatoms. The van der Waals surface area contributed by atoms with Crippen LogP contribution >= 0.6 is 0 Å². The van der Waals surface area contributed by atoms with Crippen molar-refractivity contribution in [1.29, 1.82) is 0 Å². The molecule has 0 saturated heterocycles. The molecule has 5 aromatic rings. The molecule has 0 saturated carbocycles. The van der Waals surface area contributed by atoms with E-state index in [1.807, 2.05) is 44.4 Å². The van der Waals surface area contributed by atoms with Crippen molar-refractivity contribution in [3.63, 3.8) is 0 Å². The van der Waals surface area contributed by atoms with Gasteiger partial charge in [0.15, 0.2) is 0 Å². The quantitative estimate of drug-likeness (QED) is 0.446. The summed E-state index contributed by atoms with van der Waals surface area (Å²) in [6, 6.07) is 15.7. The van der Waals surface area contributed by atoms with Crippen LogP contribution in [0.15, 0.2) is 67.1 Å². The highest BCUT2D eigenvalue weighted by molar-refractivity contribution is 6.12. The first kappa shape index (κ1) is 20.5. The molecule has 0 fully saturated rings. The lowest BCUT2D eigenvalue weighted by molar-refractivity contribution is 0.102. The number of anilines is 1. The van der Waals surface area contributed by atoms with Crippen molar-refractivity contribution >= 4 is 22.8 Å². The van der Waals surface area contributed by atoms with E-state index in [0.717, 1.165) is 11.3 Å². The summed E-state index contributed by atoms with van der Waals surface area (Å²) in [7, 11) is 1.84. The molecule has 8 nitrogen and oxygen atoms in total.